The van der Waals surface area contributed by atoms with Crippen LogP contribution in [0.25, 0.3) is 0 Å². The van der Waals surface area contributed by atoms with Gasteiger partial charge in [-0.05, 0) is 71.2 Å². The first kappa shape index (κ1) is 16.3. The summed E-state index contributed by atoms with van der Waals surface area (Å²) in [4.78, 5) is 0. The van der Waals surface area contributed by atoms with E-state index in [1.807, 2.05) is 19.2 Å². The van der Waals surface area contributed by atoms with Gasteiger partial charge in [-0.15, -0.1) is 0 Å². The number of nitrogens with one attached hydrogen (secondary N) is 1. The van der Waals surface area contributed by atoms with Crippen molar-refractivity contribution in [3.63, 3.8) is 0 Å². The van der Waals surface area contributed by atoms with Gasteiger partial charge in [0.2, 0.25) is 0 Å². The van der Waals surface area contributed by atoms with Gasteiger partial charge in [-0.1, -0.05) is 29.8 Å². The van der Waals surface area contributed by atoms with Gasteiger partial charge in [0.1, 0.15) is 5.75 Å². The average Bonchev–Trinajstić information content (AvgIpc) is 2.43. The van der Waals surface area contributed by atoms with Gasteiger partial charge in [-0.3, -0.25) is 0 Å². The van der Waals surface area contributed by atoms with E-state index >= 15 is 0 Å². The van der Waals surface area contributed by atoms with Crippen molar-refractivity contribution in [1.29, 1.82) is 0 Å². The Hall–Kier alpha value is -1.03. The van der Waals surface area contributed by atoms with Crippen LogP contribution in [-0.4, -0.2) is 14.2 Å². The van der Waals surface area contributed by atoms with E-state index in [0.29, 0.717) is 0 Å². The molecule has 2 aromatic carbocycles. The lowest BCUT2D eigenvalue weighted by Gasteiger charge is -2.20. The second kappa shape index (κ2) is 6.82. The van der Waals surface area contributed by atoms with Crippen LogP contribution in [0.15, 0.2) is 34.8 Å². The highest BCUT2D eigenvalue weighted by atomic mass is 79.9. The number of benzene rings is 2. The van der Waals surface area contributed by atoms with Crippen LogP contribution in [0.3, 0.4) is 0 Å². The molecule has 1 unspecified atom stereocenters. The van der Waals surface area contributed by atoms with E-state index in [9.17, 15) is 0 Å². The predicted molar refractivity (Wildman–Crippen MR) is 92.5 cm³/mol. The third-order valence-corrected chi connectivity index (χ3v) is 4.82. The second-order valence-corrected chi connectivity index (χ2v) is 6.34. The van der Waals surface area contributed by atoms with Crippen LogP contribution in [0, 0.1) is 13.8 Å². The van der Waals surface area contributed by atoms with Crippen molar-refractivity contribution < 1.29 is 4.74 Å². The molecule has 2 nitrogen and oxygen atoms in total. The number of halogens is 2. The third kappa shape index (κ3) is 3.42. The van der Waals surface area contributed by atoms with Crippen molar-refractivity contribution in [1.82, 2.24) is 5.32 Å². The number of ether oxygens (including phenoxy) is 1. The molecule has 0 saturated heterocycles. The monoisotopic (exact) mass is 367 g/mol. The van der Waals surface area contributed by atoms with Crippen LogP contribution >= 0.6 is 27.5 Å². The lowest BCUT2D eigenvalue weighted by atomic mass is 9.95. The van der Waals surface area contributed by atoms with Gasteiger partial charge in [0.25, 0.3) is 0 Å². The molecular weight excluding hydrogens is 350 g/mol. The Morgan fingerprint density at radius 3 is 2.19 bits per heavy atom. The minimum Gasteiger partial charge on any atom is -0.496 e. The first-order chi connectivity index (χ1) is 9.97. The molecule has 0 saturated carbocycles. The summed E-state index contributed by atoms with van der Waals surface area (Å²) in [5.41, 5.74) is 4.60. The van der Waals surface area contributed by atoms with Crippen molar-refractivity contribution in [2.24, 2.45) is 0 Å². The Balaban J connectivity index is 2.48. The first-order valence-electron chi connectivity index (χ1n) is 6.75. The van der Waals surface area contributed by atoms with Crippen molar-refractivity contribution >= 4 is 27.5 Å². The molecule has 4 heteroatoms. The molecule has 0 heterocycles. The molecule has 0 aromatic heterocycles. The molecule has 2 rings (SSSR count). The van der Waals surface area contributed by atoms with Gasteiger partial charge in [0.05, 0.1) is 18.2 Å². The fraction of sp³-hybridized carbons (Fsp3) is 0.294. The summed E-state index contributed by atoms with van der Waals surface area (Å²) in [6, 6.07) is 10.4. The summed E-state index contributed by atoms with van der Waals surface area (Å²) in [5, 5.41) is 4.08. The molecule has 0 aliphatic heterocycles. The minimum atomic E-state index is 0.0962. The Labute approximate surface area is 139 Å². The zero-order chi connectivity index (χ0) is 15.6. The maximum Gasteiger partial charge on any atom is 0.124 e. The summed E-state index contributed by atoms with van der Waals surface area (Å²) >= 11 is 9.65. The van der Waals surface area contributed by atoms with Crippen molar-refractivity contribution in [3.8, 4) is 5.75 Å². The van der Waals surface area contributed by atoms with E-state index in [2.05, 4.69) is 53.3 Å². The SMILES string of the molecule is CNC(c1cc(C)c(OC)c(C)c1)c1ccc(Br)c(Cl)c1. The van der Waals surface area contributed by atoms with Crippen LogP contribution in [0.4, 0.5) is 0 Å². The number of hydrogen-bond acceptors (Lipinski definition) is 2. The Kier molecular flexibility index (Phi) is 5.31. The summed E-state index contributed by atoms with van der Waals surface area (Å²) in [7, 11) is 3.66. The number of rotatable bonds is 4. The zero-order valence-electron chi connectivity index (χ0n) is 12.6. The molecule has 0 bridgehead atoms. The fourth-order valence-electron chi connectivity index (χ4n) is 2.69. The fourth-order valence-corrected chi connectivity index (χ4v) is 3.13. The van der Waals surface area contributed by atoms with E-state index in [1.54, 1.807) is 7.11 Å². The molecule has 0 radical (unpaired) electrons. The molecule has 0 spiro atoms. The van der Waals surface area contributed by atoms with Crippen LogP contribution in [-0.2, 0) is 0 Å². The molecular formula is C17H19BrClNO. The number of hydrogen-bond donors (Lipinski definition) is 1. The highest BCUT2D eigenvalue weighted by Gasteiger charge is 2.16. The maximum absolute atomic E-state index is 6.22. The molecule has 0 aliphatic carbocycles. The summed E-state index contributed by atoms with van der Waals surface area (Å²) in [5.74, 6) is 0.947. The van der Waals surface area contributed by atoms with E-state index in [4.69, 9.17) is 16.3 Å². The molecule has 0 amide bonds. The van der Waals surface area contributed by atoms with E-state index in [1.165, 1.54) is 5.56 Å². The van der Waals surface area contributed by atoms with Gasteiger partial charge < -0.3 is 10.1 Å². The van der Waals surface area contributed by atoms with E-state index in [-0.39, 0.29) is 6.04 Å². The zero-order valence-corrected chi connectivity index (χ0v) is 15.0. The third-order valence-electron chi connectivity index (χ3n) is 3.59. The van der Waals surface area contributed by atoms with Gasteiger partial charge in [-0.25, -0.2) is 0 Å². The second-order valence-electron chi connectivity index (χ2n) is 5.08. The standard InChI is InChI=1S/C17H19BrClNO/c1-10-7-13(8-11(2)17(10)21-4)16(20-3)12-5-6-14(18)15(19)9-12/h5-9,16,20H,1-4H3. The van der Waals surface area contributed by atoms with E-state index in [0.717, 1.165) is 31.9 Å². The van der Waals surface area contributed by atoms with Crippen molar-refractivity contribution in [3.05, 3.63) is 62.1 Å². The number of methoxy groups -OCH3 is 1. The van der Waals surface area contributed by atoms with Crippen LogP contribution in [0.2, 0.25) is 5.02 Å². The van der Waals surface area contributed by atoms with Gasteiger partial charge >= 0.3 is 0 Å². The smallest absolute Gasteiger partial charge is 0.124 e. The highest BCUT2D eigenvalue weighted by molar-refractivity contribution is 9.10. The summed E-state index contributed by atoms with van der Waals surface area (Å²) < 4.78 is 6.34. The first-order valence-corrected chi connectivity index (χ1v) is 7.92. The largest absolute Gasteiger partial charge is 0.496 e. The summed E-state index contributed by atoms with van der Waals surface area (Å²) in [6.07, 6.45) is 0. The maximum atomic E-state index is 6.22. The van der Waals surface area contributed by atoms with E-state index < -0.39 is 0 Å². The molecule has 112 valence electrons. The molecule has 1 atom stereocenters. The van der Waals surface area contributed by atoms with Gasteiger partial charge in [0, 0.05) is 4.47 Å². The Morgan fingerprint density at radius 1 is 1.10 bits per heavy atom. The quantitative estimate of drug-likeness (QED) is 0.816. The minimum absolute atomic E-state index is 0.0962. The molecule has 0 aliphatic rings. The predicted octanol–water partition coefficient (Wildman–Crippen LogP) is 5.04. The molecule has 21 heavy (non-hydrogen) atoms. The Bertz CT molecular complexity index is 634. The lowest BCUT2D eigenvalue weighted by molar-refractivity contribution is 0.408. The molecule has 0 fully saturated rings. The van der Waals surface area contributed by atoms with Crippen LogP contribution in [0.1, 0.15) is 28.3 Å². The summed E-state index contributed by atoms with van der Waals surface area (Å²) in [6.45, 7) is 4.13. The topological polar surface area (TPSA) is 21.3 Å². The normalized spacial score (nSPS) is 12.3. The molecule has 1 N–H and O–H groups in total. The van der Waals surface area contributed by atoms with Gasteiger partial charge in [0.15, 0.2) is 0 Å². The number of aryl methyl sites for hydroxylation is 2. The van der Waals surface area contributed by atoms with Crippen molar-refractivity contribution in [2.75, 3.05) is 14.2 Å². The van der Waals surface area contributed by atoms with Gasteiger partial charge in [-0.2, -0.15) is 0 Å². The lowest BCUT2D eigenvalue weighted by Crippen LogP contribution is -2.18. The average molecular weight is 369 g/mol. The van der Waals surface area contributed by atoms with Crippen molar-refractivity contribution in [2.45, 2.75) is 19.9 Å². The van der Waals surface area contributed by atoms with Crippen LogP contribution in [0.5, 0.6) is 5.75 Å². The molecule has 2 aromatic rings. The highest BCUT2D eigenvalue weighted by Crippen LogP contribution is 2.32. The Morgan fingerprint density at radius 2 is 1.71 bits per heavy atom. The van der Waals surface area contributed by atoms with Crippen LogP contribution < -0.4 is 10.1 Å².